The van der Waals surface area contributed by atoms with E-state index in [2.05, 4.69) is 10.1 Å². The number of hydrogen-bond donors (Lipinski definition) is 2. The van der Waals surface area contributed by atoms with Crippen LogP contribution in [0.3, 0.4) is 0 Å². The molecule has 1 aliphatic rings. The summed E-state index contributed by atoms with van der Waals surface area (Å²) in [4.78, 5) is 26.1. The molecular formula is C31H30ClF5N2O4. The Kier molecular flexibility index (Phi) is 11.7. The van der Waals surface area contributed by atoms with E-state index in [4.69, 9.17) is 10.5 Å². The number of allylic oxidation sites excluding steroid dienone is 1. The molecule has 43 heavy (non-hydrogen) atoms. The Labute approximate surface area is 251 Å². The number of nitrogens with one attached hydrogen (secondary N) is 1. The van der Waals surface area contributed by atoms with Crippen LogP contribution in [0.1, 0.15) is 51.6 Å². The summed E-state index contributed by atoms with van der Waals surface area (Å²) in [6.45, 7) is -0.485. The molecule has 6 nitrogen and oxygen atoms in total. The third kappa shape index (κ3) is 8.77. The second-order valence-corrected chi connectivity index (χ2v) is 9.74. The van der Waals surface area contributed by atoms with Crippen molar-refractivity contribution in [3.8, 4) is 5.75 Å². The van der Waals surface area contributed by atoms with Crippen LogP contribution >= 0.6 is 12.4 Å². The Morgan fingerprint density at radius 1 is 1.02 bits per heavy atom. The standard InChI is InChI=1S/C31H29F5N2O4.ClH/c32-22-14-12-21(13-15-22)28(41-27(39)18-37)26(17-19-6-4-9-23(16-19)42-31(35,36)30(33)34)38-29(40)25-11-5-8-20-7-2-1-3-10-24(20)25;/h3-6,8-16,26,28,30H,1-2,7,17-18,37H2,(H,38,40);1H. The van der Waals surface area contributed by atoms with Gasteiger partial charge in [-0.25, -0.2) is 4.39 Å². The highest BCUT2D eigenvalue weighted by atomic mass is 35.5. The van der Waals surface area contributed by atoms with Gasteiger partial charge < -0.3 is 20.5 Å². The maximum atomic E-state index is 13.8. The predicted molar refractivity (Wildman–Crippen MR) is 153 cm³/mol. The first-order chi connectivity index (χ1) is 20.1. The van der Waals surface area contributed by atoms with Crippen LogP contribution in [-0.2, 0) is 22.4 Å². The molecule has 1 amide bonds. The highest BCUT2D eigenvalue weighted by Crippen LogP contribution is 2.30. The Morgan fingerprint density at radius 3 is 2.44 bits per heavy atom. The van der Waals surface area contributed by atoms with Crippen LogP contribution in [0, 0.1) is 5.82 Å². The van der Waals surface area contributed by atoms with Crippen molar-refractivity contribution >= 4 is 30.4 Å². The van der Waals surface area contributed by atoms with Crippen LogP contribution in [0.15, 0.2) is 72.8 Å². The van der Waals surface area contributed by atoms with Crippen molar-refractivity contribution in [2.24, 2.45) is 5.73 Å². The molecule has 3 aromatic carbocycles. The average molecular weight is 625 g/mol. The van der Waals surface area contributed by atoms with Gasteiger partial charge in [0, 0.05) is 5.56 Å². The van der Waals surface area contributed by atoms with Gasteiger partial charge in [-0.3, -0.25) is 9.59 Å². The summed E-state index contributed by atoms with van der Waals surface area (Å²) in [5.41, 5.74) is 8.21. The molecule has 2 atom stereocenters. The molecule has 2 unspecified atom stereocenters. The molecule has 3 N–H and O–H groups in total. The monoisotopic (exact) mass is 624 g/mol. The van der Waals surface area contributed by atoms with Crippen LogP contribution in [0.25, 0.3) is 6.08 Å². The maximum absolute atomic E-state index is 13.8. The van der Waals surface area contributed by atoms with E-state index in [0.717, 1.165) is 54.7 Å². The number of halogens is 6. The van der Waals surface area contributed by atoms with Gasteiger partial charge in [0.1, 0.15) is 17.7 Å². The third-order valence-corrected chi connectivity index (χ3v) is 6.71. The predicted octanol–water partition coefficient (Wildman–Crippen LogP) is 6.42. The molecule has 0 heterocycles. The highest BCUT2D eigenvalue weighted by Gasteiger charge is 2.44. The molecular weight excluding hydrogens is 595 g/mol. The minimum absolute atomic E-state index is 0. The van der Waals surface area contributed by atoms with E-state index in [1.54, 1.807) is 12.1 Å². The number of benzene rings is 3. The van der Waals surface area contributed by atoms with Gasteiger partial charge in [-0.15, -0.1) is 12.4 Å². The molecule has 4 rings (SSSR count). The summed E-state index contributed by atoms with van der Waals surface area (Å²) in [5.74, 6) is -2.39. The van der Waals surface area contributed by atoms with Crippen molar-refractivity contribution in [1.29, 1.82) is 0 Å². The van der Waals surface area contributed by atoms with Gasteiger partial charge in [-0.05, 0) is 78.3 Å². The summed E-state index contributed by atoms with van der Waals surface area (Å²) < 4.78 is 76.2. The van der Waals surface area contributed by atoms with Crippen LogP contribution in [0.4, 0.5) is 22.0 Å². The number of hydrogen-bond acceptors (Lipinski definition) is 5. The van der Waals surface area contributed by atoms with Crippen molar-refractivity contribution in [3.05, 3.63) is 106 Å². The lowest BCUT2D eigenvalue weighted by Crippen LogP contribution is -2.43. The van der Waals surface area contributed by atoms with E-state index in [0.29, 0.717) is 16.7 Å². The molecule has 3 aromatic rings. The lowest BCUT2D eigenvalue weighted by atomic mass is 9.94. The normalized spacial score (nSPS) is 14.1. The summed E-state index contributed by atoms with van der Waals surface area (Å²) in [6.07, 6.45) is -3.68. The van der Waals surface area contributed by atoms with Crippen molar-refractivity contribution < 1.29 is 41.0 Å². The van der Waals surface area contributed by atoms with Crippen LogP contribution in [0.2, 0.25) is 0 Å². The SMILES string of the molecule is Cl.NCC(=O)OC(c1ccc(F)cc1)C(Cc1cccc(OC(F)(F)C(F)F)c1)NC(=O)c1cccc2c1C=CCCC2. The molecule has 0 radical (unpaired) electrons. The molecule has 0 saturated carbocycles. The van der Waals surface area contributed by atoms with Crippen molar-refractivity contribution in [2.75, 3.05) is 6.54 Å². The number of aryl methyl sites for hydroxylation is 1. The molecule has 0 spiro atoms. The molecule has 12 heteroatoms. The van der Waals surface area contributed by atoms with Gasteiger partial charge in [0.25, 0.3) is 5.91 Å². The maximum Gasteiger partial charge on any atom is 0.461 e. The fourth-order valence-electron chi connectivity index (χ4n) is 4.73. The number of ether oxygens (including phenoxy) is 2. The van der Waals surface area contributed by atoms with Gasteiger partial charge >= 0.3 is 18.5 Å². The minimum Gasteiger partial charge on any atom is -0.454 e. The zero-order chi connectivity index (χ0) is 30.3. The number of nitrogens with two attached hydrogens (primary N) is 1. The summed E-state index contributed by atoms with van der Waals surface area (Å²) >= 11 is 0. The topological polar surface area (TPSA) is 90.7 Å². The van der Waals surface area contributed by atoms with Crippen molar-refractivity contribution in [3.63, 3.8) is 0 Å². The van der Waals surface area contributed by atoms with E-state index in [1.165, 1.54) is 24.3 Å². The third-order valence-electron chi connectivity index (χ3n) is 6.71. The molecule has 0 aromatic heterocycles. The number of fused-ring (bicyclic) bond motifs is 1. The van der Waals surface area contributed by atoms with E-state index in [1.807, 2.05) is 18.2 Å². The molecule has 230 valence electrons. The lowest BCUT2D eigenvalue weighted by molar-refractivity contribution is -0.253. The smallest absolute Gasteiger partial charge is 0.454 e. The molecule has 0 saturated heterocycles. The largest absolute Gasteiger partial charge is 0.461 e. The van der Waals surface area contributed by atoms with E-state index in [-0.39, 0.29) is 18.8 Å². The van der Waals surface area contributed by atoms with E-state index in [9.17, 15) is 31.5 Å². The Bertz CT molecular complexity index is 1440. The zero-order valence-electron chi connectivity index (χ0n) is 22.8. The Morgan fingerprint density at radius 2 is 1.74 bits per heavy atom. The fourth-order valence-corrected chi connectivity index (χ4v) is 4.73. The number of esters is 1. The van der Waals surface area contributed by atoms with Crippen molar-refractivity contribution in [2.45, 2.75) is 50.4 Å². The number of alkyl halides is 4. The number of carbonyl (C=O) groups is 2. The van der Waals surface area contributed by atoms with Gasteiger partial charge in [0.15, 0.2) is 0 Å². The summed E-state index contributed by atoms with van der Waals surface area (Å²) in [7, 11) is 0. The average Bonchev–Trinajstić information content (AvgIpc) is 3.21. The summed E-state index contributed by atoms with van der Waals surface area (Å²) in [6, 6.07) is 14.4. The van der Waals surface area contributed by atoms with Gasteiger partial charge in [0.05, 0.1) is 12.6 Å². The van der Waals surface area contributed by atoms with Gasteiger partial charge in [-0.1, -0.05) is 48.6 Å². The Hall–Kier alpha value is -3.96. The Balaban J connectivity index is 0.00000506. The molecule has 0 bridgehead atoms. The zero-order valence-corrected chi connectivity index (χ0v) is 23.6. The first-order valence-corrected chi connectivity index (χ1v) is 13.3. The first-order valence-electron chi connectivity index (χ1n) is 13.3. The second kappa shape index (κ2) is 15.0. The first kappa shape index (κ1) is 33.5. The number of amides is 1. The van der Waals surface area contributed by atoms with Crippen LogP contribution < -0.4 is 15.8 Å². The minimum atomic E-state index is -4.72. The van der Waals surface area contributed by atoms with Crippen LogP contribution in [0.5, 0.6) is 5.75 Å². The van der Waals surface area contributed by atoms with E-state index >= 15 is 0 Å². The lowest BCUT2D eigenvalue weighted by Gasteiger charge is -2.29. The van der Waals surface area contributed by atoms with Gasteiger partial charge in [0.2, 0.25) is 0 Å². The van der Waals surface area contributed by atoms with Gasteiger partial charge in [-0.2, -0.15) is 17.6 Å². The quantitative estimate of drug-likeness (QED) is 0.190. The molecule has 0 fully saturated rings. The highest BCUT2D eigenvalue weighted by molar-refractivity contribution is 5.98. The molecule has 1 aliphatic carbocycles. The van der Waals surface area contributed by atoms with Crippen LogP contribution in [-0.4, -0.2) is 37.0 Å². The molecule has 0 aliphatic heterocycles. The second-order valence-electron chi connectivity index (χ2n) is 9.74. The van der Waals surface area contributed by atoms with Crippen molar-refractivity contribution in [1.82, 2.24) is 5.32 Å². The fraction of sp³-hybridized carbons (Fsp3) is 0.290. The summed E-state index contributed by atoms with van der Waals surface area (Å²) in [5, 5.41) is 2.89. The van der Waals surface area contributed by atoms with E-state index < -0.39 is 54.7 Å². The number of rotatable bonds is 11. The number of carbonyl (C=O) groups excluding carboxylic acids is 2.